The van der Waals surface area contributed by atoms with Crippen molar-refractivity contribution in [1.29, 1.82) is 0 Å². The summed E-state index contributed by atoms with van der Waals surface area (Å²) >= 11 is 12.2. The van der Waals surface area contributed by atoms with Crippen molar-refractivity contribution in [3.05, 3.63) is 51.5 Å². The molecule has 0 radical (unpaired) electrons. The van der Waals surface area contributed by atoms with Crippen LogP contribution in [0.2, 0.25) is 10.0 Å². The maximum absolute atomic E-state index is 12.7. The van der Waals surface area contributed by atoms with E-state index < -0.39 is 10.0 Å². The Labute approximate surface area is 146 Å². The summed E-state index contributed by atoms with van der Waals surface area (Å²) < 4.78 is 33.1. The molecule has 2 rings (SSSR count). The predicted molar refractivity (Wildman–Crippen MR) is 94.4 cm³/mol. The lowest BCUT2D eigenvalue weighted by atomic mass is 10.1. The average Bonchev–Trinajstić information content (AvgIpc) is 2.51. The highest BCUT2D eigenvalue weighted by atomic mass is 35.5. The van der Waals surface area contributed by atoms with Gasteiger partial charge in [0.2, 0.25) is 0 Å². The van der Waals surface area contributed by atoms with Gasteiger partial charge in [0, 0.05) is 0 Å². The zero-order valence-corrected chi connectivity index (χ0v) is 15.3. The molecule has 2 aromatic carbocycles. The number of sulfonamides is 1. The Balaban J connectivity index is 2.51. The van der Waals surface area contributed by atoms with Crippen molar-refractivity contribution in [2.24, 2.45) is 0 Å². The number of halogens is 2. The van der Waals surface area contributed by atoms with Crippen LogP contribution in [0.5, 0.6) is 5.75 Å². The molecule has 0 saturated heterocycles. The molecule has 0 aromatic heterocycles. The van der Waals surface area contributed by atoms with Gasteiger partial charge in [0.15, 0.2) is 0 Å². The fraction of sp³-hybridized carbons (Fsp3) is 0.250. The van der Waals surface area contributed by atoms with Gasteiger partial charge in [-0.3, -0.25) is 4.72 Å². The van der Waals surface area contributed by atoms with Crippen LogP contribution < -0.4 is 9.46 Å². The second-order valence-electron chi connectivity index (χ2n) is 4.96. The molecule has 7 heteroatoms. The standard InChI is InChI=1S/C16H17Cl2NO3S/c1-4-11-7-5-6-10(2)16(11)19-23(20,21)13-9-8-12(22-3)14(17)15(13)18/h5-9,19H,4H2,1-3H3. The predicted octanol–water partition coefficient (Wildman–Crippen LogP) is 4.67. The minimum absolute atomic E-state index is 0.0647. The Morgan fingerprint density at radius 2 is 1.83 bits per heavy atom. The van der Waals surface area contributed by atoms with Crippen molar-refractivity contribution in [3.8, 4) is 5.75 Å². The van der Waals surface area contributed by atoms with E-state index in [1.54, 1.807) is 0 Å². The third-order valence-electron chi connectivity index (χ3n) is 3.50. The summed E-state index contributed by atoms with van der Waals surface area (Å²) in [5.41, 5.74) is 2.31. The molecule has 0 saturated carbocycles. The summed E-state index contributed by atoms with van der Waals surface area (Å²) in [7, 11) is -2.43. The molecule has 0 atom stereocenters. The van der Waals surface area contributed by atoms with Gasteiger partial charge in [-0.1, -0.05) is 48.3 Å². The Morgan fingerprint density at radius 3 is 2.43 bits per heavy atom. The molecule has 0 bridgehead atoms. The number of methoxy groups -OCH3 is 1. The highest BCUT2D eigenvalue weighted by Crippen LogP contribution is 2.37. The molecule has 124 valence electrons. The molecular weight excluding hydrogens is 357 g/mol. The molecule has 0 fully saturated rings. The largest absolute Gasteiger partial charge is 0.495 e. The maximum Gasteiger partial charge on any atom is 0.263 e. The fourth-order valence-corrected chi connectivity index (χ4v) is 4.25. The summed E-state index contributed by atoms with van der Waals surface area (Å²) in [6.07, 6.45) is 0.705. The van der Waals surface area contributed by atoms with Crippen LogP contribution in [0.25, 0.3) is 0 Å². The van der Waals surface area contributed by atoms with Gasteiger partial charge in [0.1, 0.15) is 15.7 Å². The Bertz CT molecular complexity index is 835. The van der Waals surface area contributed by atoms with Gasteiger partial charge >= 0.3 is 0 Å². The normalized spacial score (nSPS) is 11.3. The Morgan fingerprint density at radius 1 is 1.13 bits per heavy atom. The first kappa shape index (κ1) is 17.9. The number of nitrogens with one attached hydrogen (secondary N) is 1. The van der Waals surface area contributed by atoms with Crippen molar-refractivity contribution < 1.29 is 13.2 Å². The highest BCUT2D eigenvalue weighted by molar-refractivity contribution is 7.92. The van der Waals surface area contributed by atoms with E-state index in [1.807, 2.05) is 32.0 Å². The molecule has 1 N–H and O–H groups in total. The molecule has 0 unspecified atom stereocenters. The lowest BCUT2D eigenvalue weighted by Crippen LogP contribution is -2.16. The van der Waals surface area contributed by atoms with E-state index in [9.17, 15) is 8.42 Å². The number of hydrogen-bond acceptors (Lipinski definition) is 3. The van der Waals surface area contributed by atoms with E-state index in [2.05, 4.69) is 4.72 Å². The van der Waals surface area contributed by atoms with Crippen LogP contribution in [-0.2, 0) is 16.4 Å². The van der Waals surface area contributed by atoms with E-state index >= 15 is 0 Å². The number of ether oxygens (including phenoxy) is 1. The summed E-state index contributed by atoms with van der Waals surface area (Å²) in [6, 6.07) is 8.47. The number of benzene rings is 2. The SMILES string of the molecule is CCc1cccc(C)c1NS(=O)(=O)c1ccc(OC)c(Cl)c1Cl. The Kier molecular flexibility index (Phi) is 5.45. The van der Waals surface area contributed by atoms with Gasteiger partial charge in [-0.25, -0.2) is 8.42 Å². The van der Waals surface area contributed by atoms with Crippen molar-refractivity contribution in [2.75, 3.05) is 11.8 Å². The fourth-order valence-electron chi connectivity index (χ4n) is 2.24. The van der Waals surface area contributed by atoms with E-state index in [0.717, 1.165) is 11.1 Å². The third-order valence-corrected chi connectivity index (χ3v) is 5.87. The molecule has 0 aliphatic carbocycles. The first-order chi connectivity index (χ1) is 10.8. The number of hydrogen-bond donors (Lipinski definition) is 1. The lowest BCUT2D eigenvalue weighted by molar-refractivity contribution is 0.414. The van der Waals surface area contributed by atoms with E-state index in [1.165, 1.54) is 19.2 Å². The number of para-hydroxylation sites is 1. The Hall–Kier alpha value is -1.43. The van der Waals surface area contributed by atoms with Crippen molar-refractivity contribution in [1.82, 2.24) is 0 Å². The molecule has 0 aliphatic rings. The van der Waals surface area contributed by atoms with E-state index in [0.29, 0.717) is 17.9 Å². The molecule has 4 nitrogen and oxygen atoms in total. The maximum atomic E-state index is 12.7. The van der Waals surface area contributed by atoms with Gasteiger partial charge in [-0.2, -0.15) is 0 Å². The first-order valence-corrected chi connectivity index (χ1v) is 9.19. The van der Waals surface area contributed by atoms with Gasteiger partial charge < -0.3 is 4.74 Å². The van der Waals surface area contributed by atoms with Crippen LogP contribution in [0.3, 0.4) is 0 Å². The second-order valence-corrected chi connectivity index (χ2v) is 7.37. The van der Waals surface area contributed by atoms with Crippen LogP contribution in [0.15, 0.2) is 35.2 Å². The van der Waals surface area contributed by atoms with Crippen molar-refractivity contribution in [2.45, 2.75) is 25.2 Å². The van der Waals surface area contributed by atoms with Crippen LogP contribution in [0.4, 0.5) is 5.69 Å². The van der Waals surface area contributed by atoms with Gasteiger partial charge in [0.05, 0.1) is 17.8 Å². The summed E-state index contributed by atoms with van der Waals surface area (Å²) in [4.78, 5) is -0.0877. The van der Waals surface area contributed by atoms with Crippen LogP contribution >= 0.6 is 23.2 Å². The van der Waals surface area contributed by atoms with Crippen LogP contribution in [0, 0.1) is 6.92 Å². The second kappa shape index (κ2) is 6.99. The topological polar surface area (TPSA) is 55.4 Å². The number of rotatable bonds is 5. The minimum Gasteiger partial charge on any atom is -0.495 e. The molecule has 0 spiro atoms. The monoisotopic (exact) mass is 373 g/mol. The highest BCUT2D eigenvalue weighted by Gasteiger charge is 2.23. The molecule has 2 aromatic rings. The van der Waals surface area contributed by atoms with E-state index in [-0.39, 0.29) is 14.9 Å². The molecule has 0 amide bonds. The van der Waals surface area contributed by atoms with Crippen molar-refractivity contribution in [3.63, 3.8) is 0 Å². The zero-order chi connectivity index (χ0) is 17.2. The quantitative estimate of drug-likeness (QED) is 0.827. The van der Waals surface area contributed by atoms with Gasteiger partial charge in [-0.15, -0.1) is 0 Å². The molecule has 23 heavy (non-hydrogen) atoms. The molecule has 0 aliphatic heterocycles. The number of aryl methyl sites for hydroxylation is 2. The molecular formula is C16H17Cl2NO3S. The smallest absolute Gasteiger partial charge is 0.263 e. The van der Waals surface area contributed by atoms with E-state index in [4.69, 9.17) is 27.9 Å². The average molecular weight is 374 g/mol. The summed E-state index contributed by atoms with van der Waals surface area (Å²) in [5, 5.41) is 0.00249. The van der Waals surface area contributed by atoms with Crippen molar-refractivity contribution >= 4 is 38.9 Å². The third kappa shape index (κ3) is 3.57. The summed E-state index contributed by atoms with van der Waals surface area (Å²) in [6.45, 7) is 3.81. The first-order valence-electron chi connectivity index (χ1n) is 6.95. The van der Waals surface area contributed by atoms with Gasteiger partial charge in [0.25, 0.3) is 10.0 Å². The summed E-state index contributed by atoms with van der Waals surface area (Å²) in [5.74, 6) is 0.320. The van der Waals surface area contributed by atoms with Crippen LogP contribution in [0.1, 0.15) is 18.1 Å². The van der Waals surface area contributed by atoms with Gasteiger partial charge in [-0.05, 0) is 36.6 Å². The lowest BCUT2D eigenvalue weighted by Gasteiger charge is -2.16. The molecule has 0 heterocycles. The van der Waals surface area contributed by atoms with Crippen LogP contribution in [-0.4, -0.2) is 15.5 Å². The zero-order valence-electron chi connectivity index (χ0n) is 13.0. The minimum atomic E-state index is -3.87. The number of anilines is 1.